The van der Waals surface area contributed by atoms with Crippen LogP contribution in [-0.2, 0) is 11.3 Å². The van der Waals surface area contributed by atoms with Crippen molar-refractivity contribution in [2.45, 2.75) is 20.4 Å². The van der Waals surface area contributed by atoms with Gasteiger partial charge in [0.25, 0.3) is 0 Å². The molecular formula is C16H17IN2O. The minimum Gasteiger partial charge on any atom is -0.381 e. The molecule has 0 saturated heterocycles. The third-order valence-corrected chi connectivity index (χ3v) is 3.66. The highest BCUT2D eigenvalue weighted by Gasteiger charge is 2.04. The summed E-state index contributed by atoms with van der Waals surface area (Å²) in [5.41, 5.74) is 4.26. The molecule has 2 rings (SSSR count). The van der Waals surface area contributed by atoms with Crippen molar-refractivity contribution < 1.29 is 4.79 Å². The summed E-state index contributed by atoms with van der Waals surface area (Å²) < 4.78 is 1.23. The summed E-state index contributed by atoms with van der Waals surface area (Å²) in [6.07, 6.45) is 0. The molecule has 2 aromatic rings. The monoisotopic (exact) mass is 380 g/mol. The van der Waals surface area contributed by atoms with Crippen LogP contribution in [0.5, 0.6) is 0 Å². The van der Waals surface area contributed by atoms with Gasteiger partial charge in [0.15, 0.2) is 0 Å². The zero-order chi connectivity index (χ0) is 14.5. The minimum atomic E-state index is -0.0529. The van der Waals surface area contributed by atoms with Crippen molar-refractivity contribution in [2.24, 2.45) is 0 Å². The number of anilines is 2. The maximum Gasteiger partial charge on any atom is 0.221 e. The Bertz CT molecular complexity index is 626. The first-order valence-electron chi connectivity index (χ1n) is 6.42. The summed E-state index contributed by atoms with van der Waals surface area (Å²) in [7, 11) is 0. The molecule has 0 radical (unpaired) electrons. The molecule has 2 N–H and O–H groups in total. The normalized spacial score (nSPS) is 10.2. The molecule has 0 spiro atoms. The number of carbonyl (C=O) groups excluding carboxylic acids is 1. The van der Waals surface area contributed by atoms with Gasteiger partial charge in [-0.2, -0.15) is 0 Å². The van der Waals surface area contributed by atoms with Crippen LogP contribution in [0.3, 0.4) is 0 Å². The summed E-state index contributed by atoms with van der Waals surface area (Å²) in [6, 6.07) is 14.1. The van der Waals surface area contributed by atoms with Gasteiger partial charge in [-0.05, 0) is 64.9 Å². The Balaban J connectivity index is 2.12. The van der Waals surface area contributed by atoms with Gasteiger partial charge in [-0.15, -0.1) is 0 Å². The molecule has 2 aromatic carbocycles. The van der Waals surface area contributed by atoms with Crippen molar-refractivity contribution in [3.05, 3.63) is 57.2 Å². The Morgan fingerprint density at radius 1 is 1.15 bits per heavy atom. The lowest BCUT2D eigenvalue weighted by Crippen LogP contribution is -2.10. The molecule has 20 heavy (non-hydrogen) atoms. The Morgan fingerprint density at radius 2 is 1.90 bits per heavy atom. The van der Waals surface area contributed by atoms with Gasteiger partial charge in [0.2, 0.25) is 5.91 Å². The molecule has 0 aliphatic heterocycles. The Morgan fingerprint density at radius 3 is 2.60 bits per heavy atom. The van der Waals surface area contributed by atoms with Gasteiger partial charge < -0.3 is 10.6 Å². The van der Waals surface area contributed by atoms with Crippen LogP contribution in [0, 0.1) is 10.5 Å². The van der Waals surface area contributed by atoms with Gasteiger partial charge in [0.1, 0.15) is 0 Å². The molecule has 0 saturated carbocycles. The number of aryl methyl sites for hydroxylation is 1. The highest BCUT2D eigenvalue weighted by atomic mass is 127. The molecule has 3 nitrogen and oxygen atoms in total. The van der Waals surface area contributed by atoms with Crippen LogP contribution in [0.2, 0.25) is 0 Å². The number of carbonyl (C=O) groups is 1. The fourth-order valence-corrected chi connectivity index (χ4v) is 2.65. The molecule has 1 amide bonds. The van der Waals surface area contributed by atoms with E-state index in [4.69, 9.17) is 0 Å². The van der Waals surface area contributed by atoms with Gasteiger partial charge in [0.05, 0.1) is 0 Å². The van der Waals surface area contributed by atoms with Crippen molar-refractivity contribution in [3.63, 3.8) is 0 Å². The Kier molecular flexibility index (Phi) is 5.00. The van der Waals surface area contributed by atoms with Gasteiger partial charge in [0, 0.05) is 28.4 Å². The largest absolute Gasteiger partial charge is 0.381 e. The maximum atomic E-state index is 11.2. The van der Waals surface area contributed by atoms with Crippen molar-refractivity contribution in [1.29, 1.82) is 0 Å². The van der Waals surface area contributed by atoms with E-state index in [1.807, 2.05) is 24.3 Å². The van der Waals surface area contributed by atoms with Crippen LogP contribution >= 0.6 is 22.6 Å². The topological polar surface area (TPSA) is 41.1 Å². The third kappa shape index (κ3) is 3.96. The van der Waals surface area contributed by atoms with E-state index in [0.29, 0.717) is 6.54 Å². The first kappa shape index (κ1) is 14.8. The maximum absolute atomic E-state index is 11.2. The number of hydrogen-bond acceptors (Lipinski definition) is 2. The minimum absolute atomic E-state index is 0.0529. The zero-order valence-electron chi connectivity index (χ0n) is 11.5. The molecule has 0 bridgehead atoms. The molecule has 0 heterocycles. The average molecular weight is 380 g/mol. The number of halogens is 1. The number of nitrogens with one attached hydrogen (secondary N) is 2. The van der Waals surface area contributed by atoms with E-state index in [2.05, 4.69) is 58.3 Å². The van der Waals surface area contributed by atoms with Gasteiger partial charge >= 0.3 is 0 Å². The number of rotatable bonds is 4. The van der Waals surface area contributed by atoms with Crippen LogP contribution in [0.4, 0.5) is 11.4 Å². The van der Waals surface area contributed by atoms with Crippen LogP contribution in [0.1, 0.15) is 18.1 Å². The van der Waals surface area contributed by atoms with Crippen LogP contribution < -0.4 is 10.6 Å². The first-order valence-corrected chi connectivity index (χ1v) is 7.49. The van der Waals surface area contributed by atoms with Gasteiger partial charge in [-0.3, -0.25) is 4.79 Å². The van der Waals surface area contributed by atoms with Gasteiger partial charge in [-0.25, -0.2) is 0 Å². The fraction of sp³-hybridized carbons (Fsp3) is 0.188. The lowest BCUT2D eigenvalue weighted by molar-refractivity contribution is -0.114. The van der Waals surface area contributed by atoms with E-state index in [1.54, 1.807) is 0 Å². The Hall–Kier alpha value is -1.56. The number of para-hydroxylation sites is 1. The second-order valence-electron chi connectivity index (χ2n) is 4.65. The van der Waals surface area contributed by atoms with Crippen LogP contribution in [0.25, 0.3) is 0 Å². The van der Waals surface area contributed by atoms with Crippen molar-refractivity contribution >= 4 is 39.9 Å². The molecule has 0 aromatic heterocycles. The molecule has 0 aliphatic rings. The average Bonchev–Trinajstić information content (AvgIpc) is 2.39. The zero-order valence-corrected chi connectivity index (χ0v) is 13.7. The first-order chi connectivity index (χ1) is 9.56. The third-order valence-electron chi connectivity index (χ3n) is 2.99. The SMILES string of the molecule is CC(=O)Nc1ccccc1CNc1ccc(I)cc1C. The van der Waals surface area contributed by atoms with Crippen LogP contribution in [-0.4, -0.2) is 5.91 Å². The molecular weight excluding hydrogens is 363 g/mol. The van der Waals surface area contributed by atoms with Gasteiger partial charge in [-0.1, -0.05) is 18.2 Å². The molecule has 0 unspecified atom stereocenters. The van der Waals surface area contributed by atoms with Crippen molar-refractivity contribution in [2.75, 3.05) is 10.6 Å². The smallest absolute Gasteiger partial charge is 0.221 e. The summed E-state index contributed by atoms with van der Waals surface area (Å²) in [5.74, 6) is -0.0529. The second-order valence-corrected chi connectivity index (χ2v) is 5.90. The van der Waals surface area contributed by atoms with E-state index < -0.39 is 0 Å². The van der Waals surface area contributed by atoms with E-state index in [-0.39, 0.29) is 5.91 Å². The lowest BCUT2D eigenvalue weighted by atomic mass is 10.1. The fourth-order valence-electron chi connectivity index (χ4n) is 2.00. The summed E-state index contributed by atoms with van der Waals surface area (Å²) in [6.45, 7) is 4.29. The lowest BCUT2D eigenvalue weighted by Gasteiger charge is -2.13. The van der Waals surface area contributed by atoms with Crippen molar-refractivity contribution in [1.82, 2.24) is 0 Å². The number of hydrogen-bond donors (Lipinski definition) is 2. The van der Waals surface area contributed by atoms with E-state index in [9.17, 15) is 4.79 Å². The number of benzene rings is 2. The van der Waals surface area contributed by atoms with Crippen molar-refractivity contribution in [3.8, 4) is 0 Å². The Labute approximate surface area is 132 Å². The second kappa shape index (κ2) is 6.74. The highest BCUT2D eigenvalue weighted by Crippen LogP contribution is 2.21. The van der Waals surface area contributed by atoms with E-state index in [1.165, 1.54) is 16.1 Å². The predicted molar refractivity (Wildman–Crippen MR) is 92.0 cm³/mol. The highest BCUT2D eigenvalue weighted by molar-refractivity contribution is 14.1. The summed E-state index contributed by atoms with van der Waals surface area (Å²) in [5, 5.41) is 6.27. The predicted octanol–water partition coefficient (Wildman–Crippen LogP) is 4.17. The standard InChI is InChI=1S/C16H17IN2O/c1-11-9-14(17)7-8-15(11)18-10-13-5-3-4-6-16(13)19-12(2)20/h3-9,18H,10H2,1-2H3,(H,19,20). The molecule has 0 aliphatic carbocycles. The quantitative estimate of drug-likeness (QED) is 0.782. The molecule has 0 fully saturated rings. The molecule has 104 valence electrons. The summed E-state index contributed by atoms with van der Waals surface area (Å²) >= 11 is 2.31. The van der Waals surface area contributed by atoms with E-state index >= 15 is 0 Å². The molecule has 4 heteroatoms. The van der Waals surface area contributed by atoms with E-state index in [0.717, 1.165) is 16.9 Å². The number of amides is 1. The molecule has 0 atom stereocenters. The van der Waals surface area contributed by atoms with Crippen LogP contribution in [0.15, 0.2) is 42.5 Å². The summed E-state index contributed by atoms with van der Waals surface area (Å²) in [4.78, 5) is 11.2.